The number of pyridine rings is 1. The molecule has 58 valence electrons. The van der Waals surface area contributed by atoms with Gasteiger partial charge in [-0.3, -0.25) is 0 Å². The molecule has 3 heteroatoms. The third kappa shape index (κ3) is 1.19. The molecule has 11 heavy (non-hydrogen) atoms. The van der Waals surface area contributed by atoms with Crippen LogP contribution in [0.4, 0.5) is 5.82 Å². The van der Waals surface area contributed by atoms with E-state index < -0.39 is 0 Å². The van der Waals surface area contributed by atoms with E-state index in [0.717, 1.165) is 18.9 Å². The van der Waals surface area contributed by atoms with E-state index in [1.165, 1.54) is 0 Å². The molecule has 1 aromatic rings. The topological polar surface area (TPSA) is 42.1 Å². The van der Waals surface area contributed by atoms with Crippen LogP contribution >= 0.6 is 0 Å². The summed E-state index contributed by atoms with van der Waals surface area (Å²) in [5, 5.41) is 0. The van der Waals surface area contributed by atoms with Crippen molar-refractivity contribution < 1.29 is 0 Å². The average molecular weight is 149 g/mol. The van der Waals surface area contributed by atoms with Crippen LogP contribution in [0.15, 0.2) is 24.4 Å². The molecular formula is C8H11N3. The van der Waals surface area contributed by atoms with Crippen LogP contribution in [0.1, 0.15) is 0 Å². The van der Waals surface area contributed by atoms with Crippen LogP contribution in [0.2, 0.25) is 0 Å². The Bertz CT molecular complexity index is 228. The van der Waals surface area contributed by atoms with Crippen molar-refractivity contribution in [2.75, 3.05) is 18.0 Å². The molecule has 0 aromatic carbocycles. The quantitative estimate of drug-likeness (QED) is 0.621. The van der Waals surface area contributed by atoms with E-state index in [4.69, 9.17) is 5.73 Å². The van der Waals surface area contributed by atoms with Gasteiger partial charge in [-0.1, -0.05) is 6.07 Å². The predicted molar refractivity (Wildman–Crippen MR) is 44.4 cm³/mol. The summed E-state index contributed by atoms with van der Waals surface area (Å²) < 4.78 is 0. The van der Waals surface area contributed by atoms with Crippen LogP contribution in [0.5, 0.6) is 0 Å². The van der Waals surface area contributed by atoms with Crippen LogP contribution in [-0.2, 0) is 0 Å². The van der Waals surface area contributed by atoms with E-state index in [0.29, 0.717) is 6.04 Å². The molecule has 1 aliphatic heterocycles. The van der Waals surface area contributed by atoms with Gasteiger partial charge in [-0.15, -0.1) is 0 Å². The first kappa shape index (κ1) is 6.61. The summed E-state index contributed by atoms with van der Waals surface area (Å²) >= 11 is 0. The maximum Gasteiger partial charge on any atom is 0.128 e. The minimum Gasteiger partial charge on any atom is -0.353 e. The summed E-state index contributed by atoms with van der Waals surface area (Å²) in [6.07, 6.45) is 1.80. The second-order valence-electron chi connectivity index (χ2n) is 2.85. The Balaban J connectivity index is 2.08. The van der Waals surface area contributed by atoms with Crippen LogP contribution in [-0.4, -0.2) is 24.1 Å². The molecule has 0 unspecified atom stereocenters. The summed E-state index contributed by atoms with van der Waals surface area (Å²) in [6, 6.07) is 6.26. The van der Waals surface area contributed by atoms with Crippen molar-refractivity contribution in [3.63, 3.8) is 0 Å². The van der Waals surface area contributed by atoms with Crippen LogP contribution in [0.25, 0.3) is 0 Å². The molecule has 0 saturated carbocycles. The average Bonchev–Trinajstić information content (AvgIpc) is 2.01. The molecule has 1 aromatic heterocycles. The Labute approximate surface area is 65.8 Å². The molecular weight excluding hydrogens is 138 g/mol. The van der Waals surface area contributed by atoms with Crippen molar-refractivity contribution in [2.45, 2.75) is 6.04 Å². The lowest BCUT2D eigenvalue weighted by atomic mass is 10.1. The summed E-state index contributed by atoms with van der Waals surface area (Å²) in [7, 11) is 0. The lowest BCUT2D eigenvalue weighted by Gasteiger charge is -2.37. The fourth-order valence-corrected chi connectivity index (χ4v) is 1.24. The van der Waals surface area contributed by atoms with E-state index in [-0.39, 0.29) is 0 Å². The molecule has 3 nitrogen and oxygen atoms in total. The van der Waals surface area contributed by atoms with Crippen molar-refractivity contribution in [1.82, 2.24) is 4.98 Å². The Morgan fingerprint density at radius 2 is 2.27 bits per heavy atom. The maximum absolute atomic E-state index is 5.64. The van der Waals surface area contributed by atoms with Gasteiger partial charge in [0.15, 0.2) is 0 Å². The van der Waals surface area contributed by atoms with Gasteiger partial charge in [-0.25, -0.2) is 4.98 Å². The SMILES string of the molecule is NC1CN(c2ccccn2)C1. The van der Waals surface area contributed by atoms with E-state index in [2.05, 4.69) is 9.88 Å². The lowest BCUT2D eigenvalue weighted by molar-refractivity contribution is 0.514. The molecule has 0 aliphatic carbocycles. The molecule has 1 saturated heterocycles. The van der Waals surface area contributed by atoms with Crippen LogP contribution in [0, 0.1) is 0 Å². The molecule has 0 radical (unpaired) electrons. The Morgan fingerprint density at radius 3 is 2.82 bits per heavy atom. The van der Waals surface area contributed by atoms with E-state index >= 15 is 0 Å². The molecule has 1 aliphatic rings. The van der Waals surface area contributed by atoms with Gasteiger partial charge in [0.05, 0.1) is 0 Å². The number of nitrogens with zero attached hydrogens (tertiary/aromatic N) is 2. The highest BCUT2D eigenvalue weighted by atomic mass is 15.3. The van der Waals surface area contributed by atoms with Crippen molar-refractivity contribution in [1.29, 1.82) is 0 Å². The van der Waals surface area contributed by atoms with Crippen LogP contribution in [0.3, 0.4) is 0 Å². The molecule has 0 atom stereocenters. The lowest BCUT2D eigenvalue weighted by Crippen LogP contribution is -2.56. The zero-order chi connectivity index (χ0) is 7.68. The fourth-order valence-electron chi connectivity index (χ4n) is 1.24. The number of aromatic nitrogens is 1. The molecule has 2 heterocycles. The van der Waals surface area contributed by atoms with Gasteiger partial charge in [0.25, 0.3) is 0 Å². The monoisotopic (exact) mass is 149 g/mol. The minimum atomic E-state index is 0.344. The number of anilines is 1. The first-order chi connectivity index (χ1) is 5.36. The molecule has 0 spiro atoms. The summed E-state index contributed by atoms with van der Waals surface area (Å²) in [5.41, 5.74) is 5.64. The van der Waals surface area contributed by atoms with Crippen molar-refractivity contribution in [3.8, 4) is 0 Å². The first-order valence-electron chi connectivity index (χ1n) is 3.78. The maximum atomic E-state index is 5.64. The van der Waals surface area contributed by atoms with Gasteiger partial charge in [0, 0.05) is 25.3 Å². The summed E-state index contributed by atoms with van der Waals surface area (Å²) in [4.78, 5) is 6.38. The molecule has 2 N–H and O–H groups in total. The zero-order valence-electron chi connectivity index (χ0n) is 6.27. The van der Waals surface area contributed by atoms with Crippen molar-refractivity contribution in [2.24, 2.45) is 5.73 Å². The highest BCUT2D eigenvalue weighted by Crippen LogP contribution is 2.15. The van der Waals surface area contributed by atoms with Crippen molar-refractivity contribution in [3.05, 3.63) is 24.4 Å². The number of hydrogen-bond donors (Lipinski definition) is 1. The van der Waals surface area contributed by atoms with Gasteiger partial charge >= 0.3 is 0 Å². The number of hydrogen-bond acceptors (Lipinski definition) is 3. The Kier molecular flexibility index (Phi) is 1.51. The predicted octanol–water partition coefficient (Wildman–Crippen LogP) is 0.229. The Morgan fingerprint density at radius 1 is 1.45 bits per heavy atom. The second kappa shape index (κ2) is 2.51. The minimum absolute atomic E-state index is 0.344. The third-order valence-electron chi connectivity index (χ3n) is 1.88. The van der Waals surface area contributed by atoms with Gasteiger partial charge in [0.2, 0.25) is 0 Å². The normalized spacial score (nSPS) is 18.1. The Hall–Kier alpha value is -1.09. The third-order valence-corrected chi connectivity index (χ3v) is 1.88. The number of rotatable bonds is 1. The van der Waals surface area contributed by atoms with Gasteiger partial charge in [-0.2, -0.15) is 0 Å². The van der Waals surface area contributed by atoms with Crippen LogP contribution < -0.4 is 10.6 Å². The fraction of sp³-hybridized carbons (Fsp3) is 0.375. The number of nitrogens with two attached hydrogens (primary N) is 1. The smallest absolute Gasteiger partial charge is 0.128 e. The highest BCUT2D eigenvalue weighted by molar-refractivity contribution is 5.41. The second-order valence-corrected chi connectivity index (χ2v) is 2.85. The van der Waals surface area contributed by atoms with E-state index in [9.17, 15) is 0 Å². The molecule has 1 fully saturated rings. The van der Waals surface area contributed by atoms with E-state index in [1.54, 1.807) is 6.20 Å². The summed E-state index contributed by atoms with van der Waals surface area (Å²) in [5.74, 6) is 1.04. The molecule has 2 rings (SSSR count). The summed E-state index contributed by atoms with van der Waals surface area (Å²) in [6.45, 7) is 1.88. The standard InChI is InChI=1S/C8H11N3/c9-7-5-11(6-7)8-3-1-2-4-10-8/h1-4,7H,5-6,9H2. The zero-order valence-corrected chi connectivity index (χ0v) is 6.27. The van der Waals surface area contributed by atoms with E-state index in [1.807, 2.05) is 18.2 Å². The van der Waals surface area contributed by atoms with Gasteiger partial charge in [0.1, 0.15) is 5.82 Å². The first-order valence-corrected chi connectivity index (χ1v) is 3.78. The molecule has 0 bridgehead atoms. The molecule has 0 amide bonds. The largest absolute Gasteiger partial charge is 0.353 e. The van der Waals surface area contributed by atoms with Gasteiger partial charge in [-0.05, 0) is 12.1 Å². The van der Waals surface area contributed by atoms with Crippen molar-refractivity contribution >= 4 is 5.82 Å². The highest BCUT2D eigenvalue weighted by Gasteiger charge is 2.23. The van der Waals surface area contributed by atoms with Gasteiger partial charge < -0.3 is 10.6 Å².